The van der Waals surface area contributed by atoms with E-state index in [1.807, 2.05) is 35.0 Å². The zero-order valence-corrected chi connectivity index (χ0v) is 14.6. The second kappa shape index (κ2) is 7.67. The number of nitrogens with one attached hydrogen (secondary N) is 1. The molecule has 1 aromatic heterocycles. The Kier molecular flexibility index (Phi) is 5.35. The van der Waals surface area contributed by atoms with Crippen molar-refractivity contribution >= 4 is 5.91 Å². The first kappa shape index (κ1) is 17.4. The van der Waals surface area contributed by atoms with Crippen molar-refractivity contribution in [2.75, 3.05) is 20.2 Å². The quantitative estimate of drug-likeness (QED) is 0.820. The van der Waals surface area contributed by atoms with Gasteiger partial charge in [0.25, 0.3) is 0 Å². The van der Waals surface area contributed by atoms with Gasteiger partial charge in [0, 0.05) is 25.2 Å². The third kappa shape index (κ3) is 4.18. The number of nitrogens with zero attached hydrogens (tertiary/aromatic N) is 3. The molecule has 0 aliphatic carbocycles. The highest BCUT2D eigenvalue weighted by Gasteiger charge is 2.21. The van der Waals surface area contributed by atoms with Crippen LogP contribution in [0.4, 0.5) is 0 Å². The van der Waals surface area contributed by atoms with Crippen LogP contribution in [0.25, 0.3) is 0 Å². The predicted octanol–water partition coefficient (Wildman–Crippen LogP) is 1.08. The monoisotopic (exact) mass is 344 g/mol. The van der Waals surface area contributed by atoms with E-state index in [1.165, 1.54) is 0 Å². The zero-order valence-electron chi connectivity index (χ0n) is 14.6. The summed E-state index contributed by atoms with van der Waals surface area (Å²) in [4.78, 5) is 14.3. The van der Waals surface area contributed by atoms with Crippen LogP contribution in [-0.4, -0.2) is 45.9 Å². The summed E-state index contributed by atoms with van der Waals surface area (Å²) in [7, 11) is 1.62. The Morgan fingerprint density at radius 2 is 2.20 bits per heavy atom. The maximum Gasteiger partial charge on any atom is 0.234 e. The van der Waals surface area contributed by atoms with E-state index in [0.29, 0.717) is 25.3 Å². The van der Waals surface area contributed by atoms with Gasteiger partial charge in [0.1, 0.15) is 5.75 Å². The van der Waals surface area contributed by atoms with E-state index in [1.54, 1.807) is 14.0 Å². The number of ether oxygens (including phenoxy) is 1. The molecule has 1 atom stereocenters. The summed E-state index contributed by atoms with van der Waals surface area (Å²) in [6.45, 7) is 4.63. The van der Waals surface area contributed by atoms with Crippen molar-refractivity contribution in [1.82, 2.24) is 20.0 Å². The van der Waals surface area contributed by atoms with Gasteiger partial charge in [0.15, 0.2) is 0 Å². The Morgan fingerprint density at radius 3 is 2.96 bits per heavy atom. The molecule has 1 unspecified atom stereocenters. The van der Waals surface area contributed by atoms with Gasteiger partial charge in [0.2, 0.25) is 5.91 Å². The minimum absolute atomic E-state index is 0.0189. The van der Waals surface area contributed by atoms with Crippen LogP contribution in [-0.2, 0) is 24.4 Å². The number of benzene rings is 1. The van der Waals surface area contributed by atoms with E-state index >= 15 is 0 Å². The van der Waals surface area contributed by atoms with Gasteiger partial charge < -0.3 is 15.2 Å². The largest absolute Gasteiger partial charge is 0.496 e. The van der Waals surface area contributed by atoms with Crippen LogP contribution >= 0.6 is 0 Å². The molecule has 25 heavy (non-hydrogen) atoms. The summed E-state index contributed by atoms with van der Waals surface area (Å²) in [5.74, 6) is 0.755. The molecule has 2 heterocycles. The van der Waals surface area contributed by atoms with Crippen molar-refractivity contribution in [3.8, 4) is 5.75 Å². The summed E-state index contributed by atoms with van der Waals surface area (Å²) in [6, 6.07) is 9.56. The molecule has 7 heteroatoms. The van der Waals surface area contributed by atoms with Gasteiger partial charge in [-0.1, -0.05) is 18.2 Å². The van der Waals surface area contributed by atoms with Gasteiger partial charge in [-0.25, -0.2) is 0 Å². The van der Waals surface area contributed by atoms with Crippen LogP contribution in [0.2, 0.25) is 0 Å². The average Bonchev–Trinajstić information content (AvgIpc) is 3.04. The van der Waals surface area contributed by atoms with E-state index in [2.05, 4.69) is 15.3 Å². The minimum Gasteiger partial charge on any atom is -0.496 e. The SMILES string of the molecule is COc1ccccc1CNC(=O)CN1CCn2nc(C(C)O)cc2C1. The predicted molar refractivity (Wildman–Crippen MR) is 93.0 cm³/mol. The first-order valence-electron chi connectivity index (χ1n) is 8.42. The molecule has 3 rings (SSSR count). The molecule has 2 aromatic rings. The molecular formula is C18H24N4O3. The summed E-state index contributed by atoms with van der Waals surface area (Å²) < 4.78 is 7.20. The van der Waals surface area contributed by atoms with Crippen LogP contribution in [0.15, 0.2) is 30.3 Å². The zero-order chi connectivity index (χ0) is 17.8. The molecule has 0 spiro atoms. The lowest BCUT2D eigenvalue weighted by molar-refractivity contribution is -0.122. The van der Waals surface area contributed by atoms with Crippen molar-refractivity contribution in [3.05, 3.63) is 47.3 Å². The Hall–Kier alpha value is -2.38. The van der Waals surface area contributed by atoms with E-state index in [9.17, 15) is 9.90 Å². The van der Waals surface area contributed by atoms with Crippen LogP contribution in [0.5, 0.6) is 5.75 Å². The fourth-order valence-corrected chi connectivity index (χ4v) is 2.98. The van der Waals surface area contributed by atoms with E-state index in [0.717, 1.165) is 30.1 Å². The topological polar surface area (TPSA) is 79.6 Å². The maximum atomic E-state index is 12.3. The number of carbonyl (C=O) groups excluding carboxylic acids is 1. The number of para-hydroxylation sites is 1. The van der Waals surface area contributed by atoms with E-state index in [-0.39, 0.29) is 5.91 Å². The first-order chi connectivity index (χ1) is 12.1. The summed E-state index contributed by atoms with van der Waals surface area (Å²) in [6.07, 6.45) is -0.573. The maximum absolute atomic E-state index is 12.3. The van der Waals surface area contributed by atoms with Crippen molar-refractivity contribution in [3.63, 3.8) is 0 Å². The van der Waals surface area contributed by atoms with E-state index in [4.69, 9.17) is 4.74 Å². The summed E-state index contributed by atoms with van der Waals surface area (Å²) in [5, 5.41) is 17.0. The average molecular weight is 344 g/mol. The van der Waals surface area contributed by atoms with Crippen molar-refractivity contribution in [2.24, 2.45) is 0 Å². The Balaban J connectivity index is 1.53. The molecule has 1 amide bonds. The molecule has 0 saturated heterocycles. The minimum atomic E-state index is -0.573. The number of aromatic nitrogens is 2. The summed E-state index contributed by atoms with van der Waals surface area (Å²) in [5.41, 5.74) is 2.66. The number of hydrogen-bond acceptors (Lipinski definition) is 5. The highest BCUT2D eigenvalue weighted by molar-refractivity contribution is 5.78. The van der Waals surface area contributed by atoms with Crippen LogP contribution in [0, 0.1) is 0 Å². The number of fused-ring (bicyclic) bond motifs is 1. The molecule has 0 saturated carbocycles. The molecule has 0 fully saturated rings. The smallest absolute Gasteiger partial charge is 0.234 e. The third-order valence-electron chi connectivity index (χ3n) is 4.36. The molecule has 134 valence electrons. The lowest BCUT2D eigenvalue weighted by Gasteiger charge is -2.26. The highest BCUT2D eigenvalue weighted by Crippen LogP contribution is 2.18. The van der Waals surface area contributed by atoms with Crippen LogP contribution in [0.1, 0.15) is 30.0 Å². The van der Waals surface area contributed by atoms with Crippen LogP contribution < -0.4 is 10.1 Å². The first-order valence-corrected chi connectivity index (χ1v) is 8.42. The van der Waals surface area contributed by atoms with Gasteiger partial charge in [-0.05, 0) is 19.1 Å². The number of amides is 1. The molecule has 0 radical (unpaired) electrons. The molecular weight excluding hydrogens is 320 g/mol. The normalized spacial score (nSPS) is 15.5. The Labute approximate surface area is 147 Å². The van der Waals surface area contributed by atoms with Crippen molar-refractivity contribution < 1.29 is 14.6 Å². The molecule has 1 aliphatic rings. The number of methoxy groups -OCH3 is 1. The van der Waals surface area contributed by atoms with Gasteiger partial charge in [-0.3, -0.25) is 14.4 Å². The lowest BCUT2D eigenvalue weighted by atomic mass is 10.2. The number of rotatable bonds is 6. The number of aliphatic hydroxyl groups excluding tert-OH is 1. The molecule has 2 N–H and O–H groups in total. The van der Waals surface area contributed by atoms with Crippen LogP contribution in [0.3, 0.4) is 0 Å². The second-order valence-electron chi connectivity index (χ2n) is 6.26. The molecule has 1 aliphatic heterocycles. The number of carbonyl (C=O) groups is 1. The number of aliphatic hydroxyl groups is 1. The number of hydrogen-bond donors (Lipinski definition) is 2. The van der Waals surface area contributed by atoms with Gasteiger partial charge in [-0.15, -0.1) is 0 Å². The molecule has 1 aromatic carbocycles. The molecule has 0 bridgehead atoms. The summed E-state index contributed by atoms with van der Waals surface area (Å²) >= 11 is 0. The fraction of sp³-hybridized carbons (Fsp3) is 0.444. The van der Waals surface area contributed by atoms with Crippen molar-refractivity contribution in [1.29, 1.82) is 0 Å². The van der Waals surface area contributed by atoms with Gasteiger partial charge in [-0.2, -0.15) is 5.10 Å². The van der Waals surface area contributed by atoms with Crippen molar-refractivity contribution in [2.45, 2.75) is 32.7 Å². The lowest BCUT2D eigenvalue weighted by Crippen LogP contribution is -2.41. The standard InChI is InChI=1S/C18H24N4O3/c1-13(23)16-9-15-11-21(7-8-22(15)20-16)12-18(24)19-10-14-5-3-4-6-17(14)25-2/h3-6,9,13,23H,7-8,10-12H2,1-2H3,(H,19,24). The third-order valence-corrected chi connectivity index (χ3v) is 4.36. The highest BCUT2D eigenvalue weighted by atomic mass is 16.5. The molecule has 7 nitrogen and oxygen atoms in total. The fourth-order valence-electron chi connectivity index (χ4n) is 2.98. The van der Waals surface area contributed by atoms with Gasteiger partial charge in [0.05, 0.1) is 37.7 Å². The van der Waals surface area contributed by atoms with E-state index < -0.39 is 6.10 Å². The van der Waals surface area contributed by atoms with Gasteiger partial charge >= 0.3 is 0 Å². The Bertz CT molecular complexity index is 742. The second-order valence-corrected chi connectivity index (χ2v) is 6.26. The Morgan fingerprint density at radius 1 is 1.40 bits per heavy atom.